The van der Waals surface area contributed by atoms with E-state index in [1.807, 2.05) is 13.8 Å². The molecule has 1 aromatic rings. The average Bonchev–Trinajstić information content (AvgIpc) is 2.50. The SMILES string of the molecule is CC(C)CNC(=O)[C@H](C)OC(=O)CSc1ccc([N+](=O)[O-])cc1. The van der Waals surface area contributed by atoms with Crippen molar-refractivity contribution in [1.82, 2.24) is 5.32 Å². The number of nitro groups is 1. The van der Waals surface area contributed by atoms with Crippen LogP contribution in [-0.2, 0) is 14.3 Å². The molecule has 0 saturated carbocycles. The van der Waals surface area contributed by atoms with E-state index in [0.29, 0.717) is 17.4 Å². The minimum absolute atomic E-state index is 0.00706. The van der Waals surface area contributed by atoms with Gasteiger partial charge in [-0.2, -0.15) is 0 Å². The molecule has 1 atom stereocenters. The van der Waals surface area contributed by atoms with Crippen molar-refractivity contribution in [3.63, 3.8) is 0 Å². The maximum atomic E-state index is 11.7. The smallest absolute Gasteiger partial charge is 0.317 e. The highest BCUT2D eigenvalue weighted by molar-refractivity contribution is 8.00. The van der Waals surface area contributed by atoms with Crippen LogP contribution in [0.4, 0.5) is 5.69 Å². The second-order valence-electron chi connectivity index (χ2n) is 5.31. The summed E-state index contributed by atoms with van der Waals surface area (Å²) in [4.78, 5) is 34.2. The standard InChI is InChI=1S/C15H20N2O5S/c1-10(2)8-16-15(19)11(3)22-14(18)9-23-13-6-4-12(5-7-13)17(20)21/h4-7,10-11H,8-9H2,1-3H3,(H,16,19)/t11-/m0/s1. The summed E-state index contributed by atoms with van der Waals surface area (Å²) in [5.41, 5.74) is -0.00706. The number of nitrogens with zero attached hydrogens (tertiary/aromatic N) is 1. The summed E-state index contributed by atoms with van der Waals surface area (Å²) in [7, 11) is 0. The van der Waals surface area contributed by atoms with E-state index < -0.39 is 17.0 Å². The molecular formula is C15H20N2O5S. The Balaban J connectivity index is 2.38. The zero-order chi connectivity index (χ0) is 17.4. The number of carbonyl (C=O) groups is 2. The molecule has 1 N–H and O–H groups in total. The van der Waals surface area contributed by atoms with E-state index in [0.717, 1.165) is 0 Å². The van der Waals surface area contributed by atoms with Crippen molar-refractivity contribution >= 4 is 29.3 Å². The van der Waals surface area contributed by atoms with Crippen molar-refractivity contribution in [3.05, 3.63) is 34.4 Å². The maximum Gasteiger partial charge on any atom is 0.317 e. The Bertz CT molecular complexity index is 559. The Morgan fingerprint density at radius 1 is 1.26 bits per heavy atom. The van der Waals surface area contributed by atoms with Crippen molar-refractivity contribution in [3.8, 4) is 0 Å². The number of hydrogen-bond acceptors (Lipinski definition) is 6. The number of esters is 1. The van der Waals surface area contributed by atoms with Crippen LogP contribution in [-0.4, -0.2) is 35.2 Å². The molecule has 126 valence electrons. The number of nitro benzene ring substituents is 1. The first kappa shape index (κ1) is 19.0. The number of hydrogen-bond donors (Lipinski definition) is 1. The zero-order valence-electron chi connectivity index (χ0n) is 13.3. The van der Waals surface area contributed by atoms with E-state index >= 15 is 0 Å². The van der Waals surface area contributed by atoms with Crippen molar-refractivity contribution in [2.24, 2.45) is 5.92 Å². The molecule has 0 unspecified atom stereocenters. The molecule has 0 aliphatic heterocycles. The van der Waals surface area contributed by atoms with Crippen LogP contribution in [0.2, 0.25) is 0 Å². The van der Waals surface area contributed by atoms with Crippen molar-refractivity contribution in [2.75, 3.05) is 12.3 Å². The second kappa shape index (κ2) is 9.14. The summed E-state index contributed by atoms with van der Waals surface area (Å²) < 4.78 is 5.05. The maximum absolute atomic E-state index is 11.7. The van der Waals surface area contributed by atoms with E-state index in [1.54, 1.807) is 12.1 Å². The van der Waals surface area contributed by atoms with E-state index in [1.165, 1.54) is 30.8 Å². The number of non-ortho nitro benzene ring substituents is 1. The highest BCUT2D eigenvalue weighted by atomic mass is 32.2. The quantitative estimate of drug-likeness (QED) is 0.338. The summed E-state index contributed by atoms with van der Waals surface area (Å²) in [6, 6.07) is 5.87. The fraction of sp³-hybridized carbons (Fsp3) is 0.467. The molecule has 8 heteroatoms. The van der Waals surface area contributed by atoms with Gasteiger partial charge in [-0.3, -0.25) is 19.7 Å². The van der Waals surface area contributed by atoms with E-state index in [2.05, 4.69) is 5.32 Å². The Hall–Kier alpha value is -2.09. The second-order valence-corrected chi connectivity index (χ2v) is 6.36. The Kier molecular flexibility index (Phi) is 7.53. The van der Waals surface area contributed by atoms with Gasteiger partial charge in [0.25, 0.3) is 11.6 Å². The van der Waals surface area contributed by atoms with E-state index in [-0.39, 0.29) is 17.3 Å². The lowest BCUT2D eigenvalue weighted by atomic mass is 10.2. The third kappa shape index (κ3) is 7.14. The minimum atomic E-state index is -0.848. The topological polar surface area (TPSA) is 98.5 Å². The molecule has 0 fully saturated rings. The van der Waals surface area contributed by atoms with Crippen LogP contribution in [0.25, 0.3) is 0 Å². The fourth-order valence-corrected chi connectivity index (χ4v) is 2.22. The van der Waals surface area contributed by atoms with Crippen LogP contribution in [0.3, 0.4) is 0 Å². The van der Waals surface area contributed by atoms with Gasteiger partial charge in [0.05, 0.1) is 10.7 Å². The van der Waals surface area contributed by atoms with Gasteiger partial charge in [0.1, 0.15) is 0 Å². The van der Waals surface area contributed by atoms with Gasteiger partial charge in [0.2, 0.25) is 0 Å². The number of carbonyl (C=O) groups excluding carboxylic acids is 2. The predicted octanol–water partition coefficient (Wildman–Crippen LogP) is 2.39. The predicted molar refractivity (Wildman–Crippen MR) is 87.2 cm³/mol. The van der Waals surface area contributed by atoms with Gasteiger partial charge in [-0.05, 0) is 25.0 Å². The van der Waals surface area contributed by atoms with Gasteiger partial charge in [-0.25, -0.2) is 0 Å². The first-order chi connectivity index (χ1) is 10.8. The van der Waals surface area contributed by atoms with Crippen LogP contribution in [0, 0.1) is 16.0 Å². The molecule has 1 rings (SSSR count). The summed E-state index contributed by atoms with van der Waals surface area (Å²) in [5, 5.41) is 13.2. The molecular weight excluding hydrogens is 320 g/mol. The highest BCUT2D eigenvalue weighted by Gasteiger charge is 2.17. The van der Waals surface area contributed by atoms with Crippen molar-refractivity contribution < 1.29 is 19.2 Å². The molecule has 1 amide bonds. The number of benzene rings is 1. The molecule has 0 aliphatic carbocycles. The van der Waals surface area contributed by atoms with Gasteiger partial charge >= 0.3 is 5.97 Å². The minimum Gasteiger partial charge on any atom is -0.452 e. The fourth-order valence-electron chi connectivity index (χ4n) is 1.54. The highest BCUT2D eigenvalue weighted by Crippen LogP contribution is 2.21. The third-order valence-corrected chi connectivity index (χ3v) is 3.75. The lowest BCUT2D eigenvalue weighted by molar-refractivity contribution is -0.384. The van der Waals surface area contributed by atoms with Crippen LogP contribution in [0.15, 0.2) is 29.2 Å². The first-order valence-electron chi connectivity index (χ1n) is 7.14. The summed E-state index contributed by atoms with van der Waals surface area (Å²) in [6.45, 7) is 5.98. The average molecular weight is 340 g/mol. The molecule has 0 saturated heterocycles. The largest absolute Gasteiger partial charge is 0.452 e. The van der Waals surface area contributed by atoms with Crippen LogP contribution >= 0.6 is 11.8 Å². The number of thioether (sulfide) groups is 1. The molecule has 0 aliphatic rings. The van der Waals surface area contributed by atoms with Crippen molar-refractivity contribution in [2.45, 2.75) is 31.8 Å². The molecule has 23 heavy (non-hydrogen) atoms. The number of ether oxygens (including phenoxy) is 1. The number of amides is 1. The molecule has 1 aromatic carbocycles. The molecule has 0 aromatic heterocycles. The monoisotopic (exact) mass is 340 g/mol. The summed E-state index contributed by atoms with van der Waals surface area (Å²) >= 11 is 1.19. The van der Waals surface area contributed by atoms with Gasteiger partial charge in [-0.15, -0.1) is 11.8 Å². The third-order valence-electron chi connectivity index (χ3n) is 2.77. The summed E-state index contributed by atoms with van der Waals surface area (Å²) in [6.07, 6.45) is -0.848. The van der Waals surface area contributed by atoms with Crippen LogP contribution < -0.4 is 5.32 Å². The number of rotatable bonds is 8. The lowest BCUT2D eigenvalue weighted by Gasteiger charge is -2.14. The zero-order valence-corrected chi connectivity index (χ0v) is 14.1. The molecule has 0 spiro atoms. The van der Waals surface area contributed by atoms with Gasteiger partial charge in [-0.1, -0.05) is 13.8 Å². The molecule has 7 nitrogen and oxygen atoms in total. The van der Waals surface area contributed by atoms with Crippen LogP contribution in [0.1, 0.15) is 20.8 Å². The molecule has 0 bridgehead atoms. The Morgan fingerprint density at radius 2 is 1.87 bits per heavy atom. The first-order valence-corrected chi connectivity index (χ1v) is 8.12. The van der Waals surface area contributed by atoms with E-state index in [4.69, 9.17) is 4.74 Å². The Morgan fingerprint density at radius 3 is 2.39 bits per heavy atom. The van der Waals surface area contributed by atoms with Crippen LogP contribution in [0.5, 0.6) is 0 Å². The molecule has 0 radical (unpaired) electrons. The van der Waals surface area contributed by atoms with Gasteiger partial charge in [0.15, 0.2) is 6.10 Å². The van der Waals surface area contributed by atoms with E-state index in [9.17, 15) is 19.7 Å². The number of nitrogens with one attached hydrogen (secondary N) is 1. The van der Waals surface area contributed by atoms with Gasteiger partial charge < -0.3 is 10.1 Å². The summed E-state index contributed by atoms with van der Waals surface area (Å²) in [5.74, 6) is -0.493. The molecule has 0 heterocycles. The Labute approximate surface area is 138 Å². The van der Waals surface area contributed by atoms with Gasteiger partial charge in [0, 0.05) is 23.6 Å². The normalized spacial score (nSPS) is 11.8. The van der Waals surface area contributed by atoms with Crippen molar-refractivity contribution in [1.29, 1.82) is 0 Å². The lowest BCUT2D eigenvalue weighted by Crippen LogP contribution is -2.37.